The quantitative estimate of drug-likeness (QED) is 0.659. The van der Waals surface area contributed by atoms with Crippen LogP contribution in [0.5, 0.6) is 0 Å². The molecule has 1 aromatic rings. The molecule has 0 amide bonds. The maximum absolute atomic E-state index is 9.91. The molecule has 0 spiro atoms. The van der Waals surface area contributed by atoms with Crippen LogP contribution in [-0.2, 0) is 6.54 Å². The molecule has 1 fully saturated rings. The van der Waals surface area contributed by atoms with Crippen LogP contribution in [0.2, 0.25) is 0 Å². The van der Waals surface area contributed by atoms with E-state index < -0.39 is 6.23 Å². The smallest absolute Gasteiger partial charge is 0.153 e. The number of pyridine rings is 1. The molecule has 2 aliphatic heterocycles. The lowest BCUT2D eigenvalue weighted by Crippen LogP contribution is -2.39. The molecule has 0 saturated carbocycles. The number of aliphatic hydroxyl groups is 1. The van der Waals surface area contributed by atoms with Crippen LogP contribution >= 0.6 is 0 Å². The molecule has 0 aromatic carbocycles. The van der Waals surface area contributed by atoms with E-state index in [-0.39, 0.29) is 0 Å². The number of hydrogen-bond donors (Lipinski definition) is 4. The first-order chi connectivity index (χ1) is 10.3. The Morgan fingerprint density at radius 1 is 1.43 bits per heavy atom. The van der Waals surface area contributed by atoms with Gasteiger partial charge in [0.05, 0.1) is 17.7 Å². The van der Waals surface area contributed by atoms with Gasteiger partial charge < -0.3 is 21.1 Å². The van der Waals surface area contributed by atoms with Crippen molar-refractivity contribution in [3.63, 3.8) is 0 Å². The first-order valence-corrected chi connectivity index (χ1v) is 7.64. The van der Waals surface area contributed by atoms with Crippen LogP contribution in [0.3, 0.4) is 0 Å². The monoisotopic (exact) mass is 289 g/mol. The number of aromatic nitrogens is 1. The molecule has 114 valence electrons. The average Bonchev–Trinajstić information content (AvgIpc) is 2.54. The number of hydrogen-bond acceptors (Lipinski definition) is 6. The van der Waals surface area contributed by atoms with E-state index in [2.05, 4.69) is 32.9 Å². The molecule has 0 aliphatic carbocycles. The van der Waals surface area contributed by atoms with Gasteiger partial charge in [-0.05, 0) is 44.8 Å². The lowest BCUT2D eigenvalue weighted by atomic mass is 9.91. The summed E-state index contributed by atoms with van der Waals surface area (Å²) >= 11 is 0. The lowest BCUT2D eigenvalue weighted by Gasteiger charge is -2.29. The minimum atomic E-state index is -0.693. The lowest BCUT2D eigenvalue weighted by molar-refractivity contribution is 0.163. The highest BCUT2D eigenvalue weighted by atomic mass is 16.3. The Kier molecular flexibility index (Phi) is 4.48. The van der Waals surface area contributed by atoms with E-state index >= 15 is 0 Å². The molecule has 1 saturated heterocycles. The number of aliphatic imine (C=N–C) groups is 1. The zero-order chi connectivity index (χ0) is 14.7. The maximum Gasteiger partial charge on any atom is 0.153 e. The van der Waals surface area contributed by atoms with Gasteiger partial charge in [0.2, 0.25) is 0 Å². The molecule has 2 atom stereocenters. The van der Waals surface area contributed by atoms with Gasteiger partial charge in [-0.1, -0.05) is 0 Å². The van der Waals surface area contributed by atoms with Crippen LogP contribution < -0.4 is 16.0 Å². The zero-order valence-corrected chi connectivity index (χ0v) is 12.3. The fraction of sp³-hybridized carbons (Fsp3) is 0.600. The molecule has 3 heterocycles. The van der Waals surface area contributed by atoms with Crippen LogP contribution in [0, 0.1) is 5.92 Å². The third-order valence-electron chi connectivity index (χ3n) is 4.43. The van der Waals surface area contributed by atoms with Crippen molar-refractivity contribution in [2.24, 2.45) is 10.9 Å². The van der Waals surface area contributed by atoms with Gasteiger partial charge in [-0.25, -0.2) is 4.99 Å². The van der Waals surface area contributed by atoms with E-state index in [0.717, 1.165) is 30.0 Å². The molecule has 6 nitrogen and oxygen atoms in total. The number of nitrogens with zero attached hydrogens (tertiary/aromatic N) is 2. The van der Waals surface area contributed by atoms with Gasteiger partial charge in [0.15, 0.2) is 6.23 Å². The van der Waals surface area contributed by atoms with Gasteiger partial charge in [-0.2, -0.15) is 0 Å². The Hall–Kier alpha value is -1.50. The first kappa shape index (κ1) is 14.4. The first-order valence-electron chi connectivity index (χ1n) is 7.64. The molecule has 1 aromatic heterocycles. The third kappa shape index (κ3) is 3.23. The summed E-state index contributed by atoms with van der Waals surface area (Å²) in [7, 11) is 0. The molecular formula is C15H23N5O. The molecule has 3 rings (SSSR count). The van der Waals surface area contributed by atoms with Crippen molar-refractivity contribution >= 4 is 12.0 Å². The Labute approximate surface area is 125 Å². The summed E-state index contributed by atoms with van der Waals surface area (Å²) < 4.78 is 0. The predicted octanol–water partition coefficient (Wildman–Crippen LogP) is 0.813. The highest BCUT2D eigenvalue weighted by Gasteiger charge is 2.21. The van der Waals surface area contributed by atoms with Crippen molar-refractivity contribution in [1.82, 2.24) is 20.9 Å². The van der Waals surface area contributed by atoms with E-state index in [0.29, 0.717) is 18.5 Å². The van der Waals surface area contributed by atoms with Crippen molar-refractivity contribution in [1.29, 1.82) is 0 Å². The van der Waals surface area contributed by atoms with Gasteiger partial charge in [0.25, 0.3) is 0 Å². The van der Waals surface area contributed by atoms with E-state index in [1.807, 2.05) is 6.07 Å². The minimum Gasteiger partial charge on any atom is -0.369 e. The van der Waals surface area contributed by atoms with Crippen LogP contribution in [0.1, 0.15) is 37.3 Å². The highest BCUT2D eigenvalue weighted by molar-refractivity contribution is 5.68. The largest absolute Gasteiger partial charge is 0.369 e. The van der Waals surface area contributed by atoms with Gasteiger partial charge in [0.1, 0.15) is 0 Å². The number of nitrogens with one attached hydrogen (secondary N) is 3. The highest BCUT2D eigenvalue weighted by Crippen LogP contribution is 2.29. The second-order valence-corrected chi connectivity index (χ2v) is 5.78. The standard InChI is InChI=1S/C15H23N5O/c1-10(11-2-5-16-6-3-11)18-8-13-14-12(4-7-17-13)15(21)20-9-19-14/h4,7,9-11,15-16,18,21H,2-3,5-6,8H2,1H3,(H,19,20). The van der Waals surface area contributed by atoms with Crippen molar-refractivity contribution in [2.45, 2.75) is 38.6 Å². The second kappa shape index (κ2) is 6.51. The summed E-state index contributed by atoms with van der Waals surface area (Å²) in [6, 6.07) is 2.27. The van der Waals surface area contributed by atoms with Gasteiger partial charge in [0, 0.05) is 24.3 Å². The molecular weight excluding hydrogens is 266 g/mol. The van der Waals surface area contributed by atoms with Crippen LogP contribution in [0.15, 0.2) is 17.3 Å². The molecule has 2 aliphatic rings. The predicted molar refractivity (Wildman–Crippen MR) is 82.4 cm³/mol. The van der Waals surface area contributed by atoms with Gasteiger partial charge >= 0.3 is 0 Å². The second-order valence-electron chi connectivity index (χ2n) is 5.78. The Bertz CT molecular complexity index is 513. The maximum atomic E-state index is 9.91. The van der Waals surface area contributed by atoms with Crippen molar-refractivity contribution in [3.05, 3.63) is 23.5 Å². The van der Waals surface area contributed by atoms with Crippen LogP contribution in [-0.4, -0.2) is 35.6 Å². The van der Waals surface area contributed by atoms with E-state index in [9.17, 15) is 5.11 Å². The fourth-order valence-electron chi connectivity index (χ4n) is 3.04. The van der Waals surface area contributed by atoms with E-state index in [1.54, 1.807) is 6.20 Å². The molecule has 4 N–H and O–H groups in total. The summed E-state index contributed by atoms with van der Waals surface area (Å²) in [4.78, 5) is 8.74. The summed E-state index contributed by atoms with van der Waals surface area (Å²) in [5.74, 6) is 0.710. The summed E-state index contributed by atoms with van der Waals surface area (Å²) in [5, 5.41) is 19.7. The Morgan fingerprint density at radius 2 is 2.24 bits per heavy atom. The number of rotatable bonds is 4. The van der Waals surface area contributed by atoms with Crippen molar-refractivity contribution < 1.29 is 5.11 Å². The molecule has 2 unspecified atom stereocenters. The van der Waals surface area contributed by atoms with Crippen LogP contribution in [0.4, 0.5) is 5.69 Å². The third-order valence-corrected chi connectivity index (χ3v) is 4.43. The summed E-state index contributed by atoms with van der Waals surface area (Å²) in [6.07, 6.45) is 5.01. The zero-order valence-electron chi connectivity index (χ0n) is 12.3. The summed E-state index contributed by atoms with van der Waals surface area (Å²) in [5.41, 5.74) is 2.47. The number of aliphatic hydroxyl groups excluding tert-OH is 1. The van der Waals surface area contributed by atoms with Gasteiger partial charge in [-0.3, -0.25) is 4.98 Å². The van der Waals surface area contributed by atoms with Crippen LogP contribution in [0.25, 0.3) is 0 Å². The molecule has 6 heteroatoms. The molecule has 21 heavy (non-hydrogen) atoms. The SMILES string of the molecule is CC(NCc1nccc2c1N=CNC2O)C1CCNCC1. The molecule has 0 radical (unpaired) electrons. The van der Waals surface area contributed by atoms with E-state index in [4.69, 9.17) is 0 Å². The van der Waals surface area contributed by atoms with Crippen molar-refractivity contribution in [3.8, 4) is 0 Å². The summed E-state index contributed by atoms with van der Waals surface area (Å²) in [6.45, 7) is 5.14. The minimum absolute atomic E-state index is 0.459. The Balaban J connectivity index is 1.66. The van der Waals surface area contributed by atoms with Crippen molar-refractivity contribution in [2.75, 3.05) is 13.1 Å². The molecule has 0 bridgehead atoms. The Morgan fingerprint density at radius 3 is 3.05 bits per heavy atom. The number of piperidine rings is 1. The van der Waals surface area contributed by atoms with E-state index in [1.165, 1.54) is 19.2 Å². The van der Waals surface area contributed by atoms with Gasteiger partial charge in [-0.15, -0.1) is 0 Å². The average molecular weight is 289 g/mol. The topological polar surface area (TPSA) is 81.6 Å². The normalized spacial score (nSPS) is 23.4. The number of fused-ring (bicyclic) bond motifs is 1. The fourth-order valence-corrected chi connectivity index (χ4v) is 3.04.